The molecule has 0 spiro atoms. The van der Waals surface area contributed by atoms with Gasteiger partial charge in [0.25, 0.3) is 0 Å². The van der Waals surface area contributed by atoms with Crippen LogP contribution in [0, 0.1) is 0 Å². The number of hydrogen-bond acceptors (Lipinski definition) is 4. The minimum atomic E-state index is -3.26. The third-order valence-corrected chi connectivity index (χ3v) is 5.51. The number of amides is 2. The van der Waals surface area contributed by atoms with E-state index in [0.717, 1.165) is 35.0 Å². The van der Waals surface area contributed by atoms with E-state index in [1.54, 1.807) is 24.1 Å². The molecular formula is C20H22N2O4S. The van der Waals surface area contributed by atoms with Gasteiger partial charge in [0.1, 0.15) is 11.3 Å². The fourth-order valence-electron chi connectivity index (χ4n) is 2.92. The number of para-hydroxylation sites is 1. The van der Waals surface area contributed by atoms with Gasteiger partial charge in [-0.15, -0.1) is 0 Å². The largest absolute Gasteiger partial charge is 0.461 e. The fourth-order valence-corrected chi connectivity index (χ4v) is 3.55. The normalized spacial score (nSPS) is 11.5. The van der Waals surface area contributed by atoms with Gasteiger partial charge >= 0.3 is 6.03 Å². The van der Waals surface area contributed by atoms with E-state index in [4.69, 9.17) is 4.42 Å². The van der Waals surface area contributed by atoms with Crippen LogP contribution < -0.4 is 5.32 Å². The lowest BCUT2D eigenvalue weighted by Gasteiger charge is -2.18. The summed E-state index contributed by atoms with van der Waals surface area (Å²) in [5.41, 5.74) is 2.35. The van der Waals surface area contributed by atoms with Gasteiger partial charge in [-0.3, -0.25) is 0 Å². The molecule has 7 heteroatoms. The van der Waals surface area contributed by atoms with E-state index in [2.05, 4.69) is 5.32 Å². The quantitative estimate of drug-likeness (QED) is 0.717. The molecule has 2 aromatic carbocycles. The Kier molecular flexibility index (Phi) is 5.23. The highest BCUT2D eigenvalue weighted by Gasteiger charge is 2.17. The summed E-state index contributed by atoms with van der Waals surface area (Å²) in [5, 5.41) is 3.79. The number of benzene rings is 2. The van der Waals surface area contributed by atoms with Crippen LogP contribution in [-0.2, 0) is 22.8 Å². The summed E-state index contributed by atoms with van der Waals surface area (Å²) in [7, 11) is -1.55. The zero-order chi connectivity index (χ0) is 19.6. The van der Waals surface area contributed by atoms with Crippen LogP contribution in [0.25, 0.3) is 11.0 Å². The van der Waals surface area contributed by atoms with Gasteiger partial charge in [0.15, 0.2) is 9.84 Å². The molecule has 0 bridgehead atoms. The van der Waals surface area contributed by atoms with Gasteiger partial charge in [0.05, 0.1) is 11.4 Å². The second kappa shape index (κ2) is 7.44. The summed E-state index contributed by atoms with van der Waals surface area (Å²) in [4.78, 5) is 14.3. The Bertz CT molecular complexity index is 1070. The molecule has 0 aliphatic heterocycles. The van der Waals surface area contributed by atoms with Gasteiger partial charge in [-0.1, -0.05) is 25.1 Å². The van der Waals surface area contributed by atoms with E-state index >= 15 is 0 Å². The second-order valence-electron chi connectivity index (χ2n) is 6.44. The first-order chi connectivity index (χ1) is 12.8. The van der Waals surface area contributed by atoms with Crippen LogP contribution in [0.15, 0.2) is 57.8 Å². The Labute approximate surface area is 158 Å². The van der Waals surface area contributed by atoms with Crippen LogP contribution >= 0.6 is 0 Å². The first kappa shape index (κ1) is 19.0. The zero-order valence-electron chi connectivity index (χ0n) is 15.5. The van der Waals surface area contributed by atoms with Gasteiger partial charge in [0.2, 0.25) is 0 Å². The molecule has 0 atom stereocenters. The molecule has 27 heavy (non-hydrogen) atoms. The Hall–Kier alpha value is -2.80. The van der Waals surface area contributed by atoms with Gasteiger partial charge < -0.3 is 14.6 Å². The summed E-state index contributed by atoms with van der Waals surface area (Å²) in [6.07, 6.45) is 1.89. The first-order valence-corrected chi connectivity index (χ1v) is 10.5. The summed E-state index contributed by atoms with van der Waals surface area (Å²) in [6.45, 7) is 2.43. The lowest BCUT2D eigenvalue weighted by Crippen LogP contribution is -2.31. The molecule has 0 saturated heterocycles. The number of furan rings is 1. The maximum absolute atomic E-state index is 12.5. The topological polar surface area (TPSA) is 79.6 Å². The molecule has 1 heterocycles. The van der Waals surface area contributed by atoms with Crippen LogP contribution in [0.2, 0.25) is 0 Å². The molecule has 1 N–H and O–H groups in total. The van der Waals surface area contributed by atoms with Crippen molar-refractivity contribution in [3.63, 3.8) is 0 Å². The minimum Gasteiger partial charge on any atom is -0.461 e. The van der Waals surface area contributed by atoms with Crippen LogP contribution in [0.1, 0.15) is 18.2 Å². The SMILES string of the molecule is CCc1oc2ccccc2c1CN(C)C(=O)Nc1ccc(S(C)(=O)=O)cc1. The van der Waals surface area contributed by atoms with E-state index in [1.165, 1.54) is 12.1 Å². The van der Waals surface area contributed by atoms with Crippen molar-refractivity contribution in [1.29, 1.82) is 0 Å². The van der Waals surface area contributed by atoms with Gasteiger partial charge in [-0.2, -0.15) is 0 Å². The third-order valence-electron chi connectivity index (χ3n) is 4.38. The lowest BCUT2D eigenvalue weighted by molar-refractivity contribution is 0.220. The molecule has 0 aliphatic rings. The van der Waals surface area contributed by atoms with E-state index in [-0.39, 0.29) is 10.9 Å². The second-order valence-corrected chi connectivity index (χ2v) is 8.45. The van der Waals surface area contributed by atoms with Crippen LogP contribution in [0.3, 0.4) is 0 Å². The van der Waals surface area contributed by atoms with Crippen LogP contribution in [0.5, 0.6) is 0 Å². The van der Waals surface area contributed by atoms with E-state index < -0.39 is 9.84 Å². The fraction of sp³-hybridized carbons (Fsp3) is 0.250. The number of carbonyl (C=O) groups excluding carboxylic acids is 1. The molecule has 6 nitrogen and oxygen atoms in total. The van der Waals surface area contributed by atoms with Gasteiger partial charge in [-0.05, 0) is 30.3 Å². The van der Waals surface area contributed by atoms with E-state index in [1.807, 2.05) is 31.2 Å². The van der Waals surface area contributed by atoms with Crippen molar-refractivity contribution < 1.29 is 17.6 Å². The van der Waals surface area contributed by atoms with Gasteiger partial charge in [0, 0.05) is 36.4 Å². The highest BCUT2D eigenvalue weighted by atomic mass is 32.2. The molecule has 3 rings (SSSR count). The number of nitrogens with zero attached hydrogens (tertiary/aromatic N) is 1. The predicted octanol–water partition coefficient (Wildman–Crippen LogP) is 4.06. The highest BCUT2D eigenvalue weighted by molar-refractivity contribution is 7.90. The molecule has 1 aromatic heterocycles. The van der Waals surface area contributed by atoms with E-state index in [9.17, 15) is 13.2 Å². The third kappa shape index (κ3) is 4.14. The summed E-state index contributed by atoms with van der Waals surface area (Å²) in [6, 6.07) is 13.6. The van der Waals surface area contributed by atoms with Gasteiger partial charge in [-0.25, -0.2) is 13.2 Å². The number of sulfone groups is 1. The van der Waals surface area contributed by atoms with E-state index in [0.29, 0.717) is 12.2 Å². The molecular weight excluding hydrogens is 364 g/mol. The number of urea groups is 1. The Balaban J connectivity index is 1.75. The number of anilines is 1. The molecule has 0 saturated carbocycles. The average Bonchev–Trinajstić information content (AvgIpc) is 2.99. The smallest absolute Gasteiger partial charge is 0.321 e. The molecule has 142 valence electrons. The summed E-state index contributed by atoms with van der Waals surface area (Å²) < 4.78 is 28.9. The Morgan fingerprint density at radius 3 is 2.41 bits per heavy atom. The molecule has 0 radical (unpaired) electrons. The zero-order valence-corrected chi connectivity index (χ0v) is 16.3. The van der Waals surface area contributed by atoms with Crippen molar-refractivity contribution in [3.8, 4) is 0 Å². The number of carbonyl (C=O) groups is 1. The number of hydrogen-bond donors (Lipinski definition) is 1. The average molecular weight is 386 g/mol. The van der Waals surface area contributed by atoms with Crippen LogP contribution in [0.4, 0.5) is 10.5 Å². The minimum absolute atomic E-state index is 0.214. The van der Waals surface area contributed by atoms with Crippen molar-refractivity contribution in [3.05, 3.63) is 59.9 Å². The van der Waals surface area contributed by atoms with Crippen molar-refractivity contribution in [2.75, 3.05) is 18.6 Å². The number of aryl methyl sites for hydroxylation is 1. The molecule has 2 amide bonds. The molecule has 0 aliphatic carbocycles. The Morgan fingerprint density at radius 2 is 1.78 bits per heavy atom. The van der Waals surface area contributed by atoms with Crippen molar-refractivity contribution >= 4 is 32.5 Å². The van der Waals surface area contributed by atoms with Crippen molar-refractivity contribution in [2.45, 2.75) is 24.8 Å². The number of rotatable bonds is 5. The van der Waals surface area contributed by atoms with Crippen LogP contribution in [-0.4, -0.2) is 32.7 Å². The highest BCUT2D eigenvalue weighted by Crippen LogP contribution is 2.27. The molecule has 0 fully saturated rings. The maximum Gasteiger partial charge on any atom is 0.321 e. The van der Waals surface area contributed by atoms with Crippen molar-refractivity contribution in [2.24, 2.45) is 0 Å². The number of nitrogens with one attached hydrogen (secondary N) is 1. The standard InChI is InChI=1S/C20H22N2O4S/c1-4-18-17(16-7-5-6-8-19(16)26-18)13-22(2)20(23)21-14-9-11-15(12-10-14)27(3,24)25/h5-12H,4,13H2,1-3H3,(H,21,23). The maximum atomic E-state index is 12.5. The lowest BCUT2D eigenvalue weighted by atomic mass is 10.1. The molecule has 0 unspecified atom stereocenters. The first-order valence-electron chi connectivity index (χ1n) is 8.61. The monoisotopic (exact) mass is 386 g/mol. The van der Waals surface area contributed by atoms with Crippen molar-refractivity contribution in [1.82, 2.24) is 4.90 Å². The Morgan fingerprint density at radius 1 is 1.11 bits per heavy atom. The molecule has 3 aromatic rings. The number of fused-ring (bicyclic) bond motifs is 1. The predicted molar refractivity (Wildman–Crippen MR) is 106 cm³/mol. The summed E-state index contributed by atoms with van der Waals surface area (Å²) in [5.74, 6) is 0.869. The summed E-state index contributed by atoms with van der Waals surface area (Å²) >= 11 is 0.